The zero-order valence-corrected chi connectivity index (χ0v) is 36.9. The van der Waals surface area contributed by atoms with E-state index < -0.39 is 5.54 Å². The second-order valence-electron chi connectivity index (χ2n) is 18.1. The molecule has 12 rings (SSSR count). The van der Waals surface area contributed by atoms with E-state index in [1.807, 2.05) is 23.5 Å². The number of fused-ring (bicyclic) bond motifs is 13. The topological polar surface area (TPSA) is 33.5 Å². The lowest BCUT2D eigenvalue weighted by Crippen LogP contribution is -2.39. The molecule has 7 aromatic carbocycles. The van der Waals surface area contributed by atoms with E-state index >= 15 is 0 Å². The van der Waals surface area contributed by atoms with E-state index in [-0.39, 0.29) is 5.41 Å². The Morgan fingerprint density at radius 1 is 0.492 bits per heavy atom. The summed E-state index contributed by atoms with van der Waals surface area (Å²) in [6, 6.07) is 52.0. The Bertz CT molecular complexity index is 2930. The van der Waals surface area contributed by atoms with Crippen molar-refractivity contribution in [3.05, 3.63) is 184 Å². The summed E-state index contributed by atoms with van der Waals surface area (Å²) in [5, 5.41) is 5.65. The Morgan fingerprint density at radius 2 is 0.934 bits per heavy atom. The first-order chi connectivity index (χ1) is 29.4. The average Bonchev–Trinajstić information content (AvgIpc) is 3.80. The van der Waals surface area contributed by atoms with E-state index in [1.54, 1.807) is 0 Å². The number of nitrogens with zero attached hydrogens (tertiary/aromatic N) is 4. The maximum Gasteiger partial charge on any atom is 0.146 e. The number of aryl methyl sites for hydroxylation is 4. The highest BCUT2D eigenvalue weighted by Crippen LogP contribution is 2.62. The molecule has 298 valence electrons. The molecule has 5 nitrogen and oxygen atoms in total. The molecular weight excluding hydrogens is 785 g/mol. The maximum absolute atomic E-state index is 7.11. The molecular formula is C54H44N4OS2. The minimum Gasteiger partial charge on any atom is -0.457 e. The summed E-state index contributed by atoms with van der Waals surface area (Å²) in [4.78, 5) is 9.87. The van der Waals surface area contributed by atoms with Gasteiger partial charge < -0.3 is 14.5 Å². The quantitative estimate of drug-likeness (QED) is 0.173. The van der Waals surface area contributed by atoms with Crippen molar-refractivity contribution >= 4 is 57.6 Å². The number of hydrogen-bond acceptors (Lipinski definition) is 6. The fourth-order valence-electron chi connectivity index (χ4n) is 9.77. The SMILES string of the molecule is Cc1ccc2c(c1)Sc1cc(C)ccc1N2c1ccc2c(c1)C1(c3cc(N4c5ccc(C)cc5Sc5cc(C)ccc54)ccc3O2)c2ccccc2-c2cc(C(C)(C)C)nn21. The van der Waals surface area contributed by atoms with Gasteiger partial charge in [0.15, 0.2) is 0 Å². The summed E-state index contributed by atoms with van der Waals surface area (Å²) >= 11 is 3.71. The molecule has 0 saturated carbocycles. The lowest BCUT2D eigenvalue weighted by atomic mass is 9.75. The molecule has 4 aliphatic heterocycles. The fraction of sp³-hybridized carbons (Fsp3) is 0.167. The van der Waals surface area contributed by atoms with Crippen LogP contribution in [0.1, 0.15) is 65.4 Å². The molecule has 5 heterocycles. The molecule has 0 radical (unpaired) electrons. The van der Waals surface area contributed by atoms with Crippen molar-refractivity contribution in [3.63, 3.8) is 0 Å². The van der Waals surface area contributed by atoms with Gasteiger partial charge in [0.1, 0.15) is 17.0 Å². The molecule has 1 spiro atoms. The van der Waals surface area contributed by atoms with Gasteiger partial charge in [-0.3, -0.25) is 0 Å². The van der Waals surface area contributed by atoms with Gasteiger partial charge in [-0.2, -0.15) is 5.10 Å². The fourth-order valence-corrected chi connectivity index (χ4v) is 12.3. The third-order valence-electron chi connectivity index (χ3n) is 12.7. The molecule has 0 N–H and O–H groups in total. The van der Waals surface area contributed by atoms with Gasteiger partial charge in [-0.25, -0.2) is 4.68 Å². The molecule has 0 amide bonds. The van der Waals surface area contributed by atoms with Crippen molar-refractivity contribution in [2.45, 2.75) is 79.0 Å². The molecule has 0 bridgehead atoms. The average molecular weight is 829 g/mol. The predicted octanol–water partition coefficient (Wildman–Crippen LogP) is 15.2. The molecule has 0 aliphatic carbocycles. The first-order valence-electron chi connectivity index (χ1n) is 21.0. The van der Waals surface area contributed by atoms with Gasteiger partial charge in [0, 0.05) is 53.1 Å². The van der Waals surface area contributed by atoms with Gasteiger partial charge in [0.05, 0.1) is 34.1 Å². The molecule has 1 aromatic heterocycles. The number of aromatic nitrogens is 2. The van der Waals surface area contributed by atoms with Gasteiger partial charge in [0.2, 0.25) is 0 Å². The van der Waals surface area contributed by atoms with Crippen LogP contribution < -0.4 is 14.5 Å². The van der Waals surface area contributed by atoms with Gasteiger partial charge >= 0.3 is 0 Å². The summed E-state index contributed by atoms with van der Waals surface area (Å²) in [5.74, 6) is 1.66. The minimum atomic E-state index is -0.849. The maximum atomic E-state index is 7.11. The largest absolute Gasteiger partial charge is 0.457 e. The van der Waals surface area contributed by atoms with Gasteiger partial charge in [-0.05, 0) is 147 Å². The number of ether oxygens (including phenoxy) is 1. The van der Waals surface area contributed by atoms with Crippen molar-refractivity contribution in [1.29, 1.82) is 0 Å². The highest BCUT2D eigenvalue weighted by Gasteiger charge is 2.53. The molecule has 7 heteroatoms. The lowest BCUT2D eigenvalue weighted by molar-refractivity contribution is 0.377. The van der Waals surface area contributed by atoms with E-state index in [0.717, 1.165) is 45.4 Å². The smallest absolute Gasteiger partial charge is 0.146 e. The van der Waals surface area contributed by atoms with E-state index in [2.05, 4.69) is 202 Å². The first-order valence-corrected chi connectivity index (χ1v) is 22.7. The summed E-state index contributed by atoms with van der Waals surface area (Å²) < 4.78 is 9.43. The summed E-state index contributed by atoms with van der Waals surface area (Å²) in [7, 11) is 0. The highest BCUT2D eigenvalue weighted by atomic mass is 32.2. The third kappa shape index (κ3) is 5.33. The normalized spacial score (nSPS) is 14.9. The first kappa shape index (κ1) is 36.7. The van der Waals surface area contributed by atoms with Crippen molar-refractivity contribution < 1.29 is 4.74 Å². The minimum absolute atomic E-state index is 0.168. The number of hydrogen-bond donors (Lipinski definition) is 0. The molecule has 0 fully saturated rings. The Balaban J connectivity index is 1.15. The second kappa shape index (κ2) is 12.9. The van der Waals surface area contributed by atoms with Gasteiger partial charge in [0.25, 0.3) is 0 Å². The third-order valence-corrected chi connectivity index (χ3v) is 14.9. The zero-order chi connectivity index (χ0) is 41.5. The van der Waals surface area contributed by atoms with E-state index in [4.69, 9.17) is 9.84 Å². The van der Waals surface area contributed by atoms with Gasteiger partial charge in [-0.1, -0.05) is 92.8 Å². The van der Waals surface area contributed by atoms with Crippen LogP contribution in [0, 0.1) is 27.7 Å². The van der Waals surface area contributed by atoms with Gasteiger partial charge in [-0.15, -0.1) is 0 Å². The van der Waals surface area contributed by atoms with Crippen LogP contribution in [0.2, 0.25) is 0 Å². The van der Waals surface area contributed by atoms with Crippen LogP contribution in [-0.4, -0.2) is 9.78 Å². The van der Waals surface area contributed by atoms with E-state index in [9.17, 15) is 0 Å². The van der Waals surface area contributed by atoms with Crippen LogP contribution in [0.4, 0.5) is 34.1 Å². The van der Waals surface area contributed by atoms with Crippen molar-refractivity contribution in [2.75, 3.05) is 9.80 Å². The Hall–Kier alpha value is -6.15. The van der Waals surface area contributed by atoms with E-state index in [1.165, 1.54) is 75.7 Å². The van der Waals surface area contributed by atoms with Crippen LogP contribution in [0.15, 0.2) is 159 Å². The molecule has 0 atom stereocenters. The van der Waals surface area contributed by atoms with Crippen molar-refractivity contribution in [3.8, 4) is 22.8 Å². The van der Waals surface area contributed by atoms with Crippen LogP contribution in [0.3, 0.4) is 0 Å². The Labute approximate surface area is 366 Å². The highest BCUT2D eigenvalue weighted by molar-refractivity contribution is 8.00. The van der Waals surface area contributed by atoms with E-state index in [0.29, 0.717) is 0 Å². The lowest BCUT2D eigenvalue weighted by Gasteiger charge is -2.41. The second-order valence-corrected chi connectivity index (χ2v) is 20.2. The molecule has 0 saturated heterocycles. The zero-order valence-electron chi connectivity index (χ0n) is 35.3. The number of benzene rings is 7. The molecule has 0 unspecified atom stereocenters. The predicted molar refractivity (Wildman–Crippen MR) is 251 cm³/mol. The Morgan fingerprint density at radius 3 is 1.38 bits per heavy atom. The monoisotopic (exact) mass is 828 g/mol. The van der Waals surface area contributed by atoms with Crippen molar-refractivity contribution in [2.24, 2.45) is 0 Å². The molecule has 61 heavy (non-hydrogen) atoms. The van der Waals surface area contributed by atoms with Crippen LogP contribution in [0.5, 0.6) is 11.5 Å². The standard InChI is InChI=1S/C54H44N4OS2/c1-31-12-18-41-48(24-31)60-49-25-32(2)13-19-42(49)56(41)35-16-22-46-39(28-35)54(38-11-9-8-10-37(38)45-30-52(53(5,6)7)55-58(45)54)40-29-36(17-23-47(40)59-46)57-43-20-14-33(3)26-50(43)61-51-27-34(4)15-21-44(51)57/h8-30H,1-7H3. The van der Waals surface area contributed by atoms with Crippen molar-refractivity contribution in [1.82, 2.24) is 9.78 Å². The number of rotatable bonds is 2. The van der Waals surface area contributed by atoms with Crippen LogP contribution in [-0.2, 0) is 11.0 Å². The summed E-state index contributed by atoms with van der Waals surface area (Å²) in [6.45, 7) is 15.5. The molecule has 4 aliphatic rings. The number of anilines is 6. The summed E-state index contributed by atoms with van der Waals surface area (Å²) in [6.07, 6.45) is 0. The Kier molecular flexibility index (Phi) is 7.78. The van der Waals surface area contributed by atoms with Crippen LogP contribution >= 0.6 is 23.5 Å². The molecule has 8 aromatic rings. The summed E-state index contributed by atoms with van der Waals surface area (Å²) in [5.41, 5.74) is 17.5. The van der Waals surface area contributed by atoms with Crippen LogP contribution in [0.25, 0.3) is 11.3 Å².